The second-order valence-electron chi connectivity index (χ2n) is 8.66. The Morgan fingerprint density at radius 1 is 0.857 bits per heavy atom. The molecule has 5 heteroatoms. The number of benzene rings is 1. The van der Waals surface area contributed by atoms with Crippen LogP contribution in [0.25, 0.3) is 0 Å². The first-order valence-electron chi connectivity index (χ1n) is 10.5. The van der Waals surface area contributed by atoms with Crippen molar-refractivity contribution in [3.8, 4) is 0 Å². The maximum absolute atomic E-state index is 13.7. The molecule has 2 aliphatic rings. The highest BCUT2D eigenvalue weighted by Gasteiger charge is 2.38. The minimum Gasteiger partial charge on any atom is -0.206 e. The van der Waals surface area contributed by atoms with E-state index in [0.29, 0.717) is 23.8 Å². The van der Waals surface area contributed by atoms with Gasteiger partial charge in [0.25, 0.3) is 0 Å². The van der Waals surface area contributed by atoms with E-state index in [9.17, 15) is 22.0 Å². The van der Waals surface area contributed by atoms with Gasteiger partial charge < -0.3 is 0 Å². The first kappa shape index (κ1) is 21.3. The van der Waals surface area contributed by atoms with E-state index >= 15 is 0 Å². The van der Waals surface area contributed by atoms with Gasteiger partial charge in [0.05, 0.1) is 0 Å². The molecule has 1 aromatic rings. The molecule has 1 aromatic carbocycles. The lowest BCUT2D eigenvalue weighted by Gasteiger charge is -2.37. The van der Waals surface area contributed by atoms with Gasteiger partial charge in [-0.05, 0) is 92.7 Å². The van der Waals surface area contributed by atoms with Gasteiger partial charge in [-0.1, -0.05) is 18.9 Å². The van der Waals surface area contributed by atoms with Crippen LogP contribution in [-0.4, -0.2) is 0 Å². The zero-order valence-electron chi connectivity index (χ0n) is 16.2. The molecule has 0 spiro atoms. The van der Waals surface area contributed by atoms with E-state index in [1.165, 1.54) is 38.5 Å². The first-order valence-corrected chi connectivity index (χ1v) is 10.5. The summed E-state index contributed by atoms with van der Waals surface area (Å²) in [4.78, 5) is 0. The molecule has 0 saturated heterocycles. The molecule has 0 amide bonds. The Kier molecular flexibility index (Phi) is 6.82. The van der Waals surface area contributed by atoms with Crippen LogP contribution in [-0.2, 0) is 12.6 Å². The van der Waals surface area contributed by atoms with E-state index in [2.05, 4.69) is 12.7 Å². The van der Waals surface area contributed by atoms with E-state index in [-0.39, 0.29) is 0 Å². The van der Waals surface area contributed by atoms with Gasteiger partial charge in [-0.15, -0.1) is 6.58 Å². The van der Waals surface area contributed by atoms with Gasteiger partial charge in [0, 0.05) is 0 Å². The third-order valence-corrected chi connectivity index (χ3v) is 6.93. The van der Waals surface area contributed by atoms with Crippen LogP contribution in [0.15, 0.2) is 24.8 Å². The van der Waals surface area contributed by atoms with Gasteiger partial charge in [0.2, 0.25) is 0 Å². The standard InChI is InChI=1S/C23H29F5/c1-2-15-5-9-18(10-6-15)19-11-7-16(8-12-19)3-4-17-13-20(24)22(21(25)14-17)23(26,27)28/h2,13-16,18-19H,1,3-12H2. The molecule has 3 rings (SSSR count). The number of alkyl halides is 3. The summed E-state index contributed by atoms with van der Waals surface area (Å²) in [5, 5.41) is 0. The van der Waals surface area contributed by atoms with Crippen molar-refractivity contribution in [1.82, 2.24) is 0 Å². The average molecular weight is 400 g/mol. The molecule has 0 aromatic heterocycles. The maximum Gasteiger partial charge on any atom is 0.422 e. The summed E-state index contributed by atoms with van der Waals surface area (Å²) < 4.78 is 65.4. The van der Waals surface area contributed by atoms with E-state index < -0.39 is 23.4 Å². The van der Waals surface area contributed by atoms with Crippen molar-refractivity contribution in [3.63, 3.8) is 0 Å². The Hall–Kier alpha value is -1.39. The van der Waals surface area contributed by atoms with Crippen molar-refractivity contribution in [3.05, 3.63) is 47.5 Å². The summed E-state index contributed by atoms with van der Waals surface area (Å²) in [5.74, 6) is -0.257. The molecule has 2 fully saturated rings. The topological polar surface area (TPSA) is 0 Å². The van der Waals surface area contributed by atoms with Gasteiger partial charge in [-0.3, -0.25) is 0 Å². The van der Waals surface area contributed by atoms with E-state index in [4.69, 9.17) is 0 Å². The van der Waals surface area contributed by atoms with Crippen molar-refractivity contribution in [2.24, 2.45) is 23.7 Å². The van der Waals surface area contributed by atoms with Gasteiger partial charge in [0.1, 0.15) is 17.2 Å². The lowest BCUT2D eigenvalue weighted by molar-refractivity contribution is -0.142. The van der Waals surface area contributed by atoms with Crippen molar-refractivity contribution in [2.75, 3.05) is 0 Å². The molecular weight excluding hydrogens is 371 g/mol. The van der Waals surface area contributed by atoms with Crippen LogP contribution in [0.1, 0.15) is 68.9 Å². The lowest BCUT2D eigenvalue weighted by Crippen LogP contribution is -2.25. The van der Waals surface area contributed by atoms with Gasteiger partial charge >= 0.3 is 6.18 Å². The molecule has 0 heterocycles. The number of hydrogen-bond donors (Lipinski definition) is 0. The van der Waals surface area contributed by atoms with Gasteiger partial charge in [-0.2, -0.15) is 13.2 Å². The predicted molar refractivity (Wildman–Crippen MR) is 101 cm³/mol. The Morgan fingerprint density at radius 3 is 1.82 bits per heavy atom. The summed E-state index contributed by atoms with van der Waals surface area (Å²) >= 11 is 0. The Morgan fingerprint density at radius 2 is 1.36 bits per heavy atom. The zero-order chi connectivity index (χ0) is 20.3. The fourth-order valence-corrected chi connectivity index (χ4v) is 5.21. The predicted octanol–water partition coefficient (Wildman–Crippen LogP) is 7.72. The summed E-state index contributed by atoms with van der Waals surface area (Å²) in [6, 6.07) is 1.69. The molecule has 156 valence electrons. The first-order chi connectivity index (χ1) is 13.3. The summed E-state index contributed by atoms with van der Waals surface area (Å²) in [7, 11) is 0. The summed E-state index contributed by atoms with van der Waals surface area (Å²) in [6.45, 7) is 3.90. The van der Waals surface area contributed by atoms with Gasteiger partial charge in [-0.25, -0.2) is 8.78 Å². The van der Waals surface area contributed by atoms with Crippen LogP contribution in [0, 0.1) is 35.3 Å². The molecule has 0 unspecified atom stereocenters. The van der Waals surface area contributed by atoms with Crippen LogP contribution in [0.4, 0.5) is 22.0 Å². The minimum atomic E-state index is -5.00. The third-order valence-electron chi connectivity index (χ3n) is 6.93. The Balaban J connectivity index is 1.48. The normalized spacial score (nSPS) is 28.9. The minimum absolute atomic E-state index is 0.313. The number of hydrogen-bond acceptors (Lipinski definition) is 0. The number of aryl methyl sites for hydroxylation is 1. The quantitative estimate of drug-likeness (QED) is 0.351. The van der Waals surface area contributed by atoms with Crippen molar-refractivity contribution >= 4 is 0 Å². The lowest BCUT2D eigenvalue weighted by atomic mass is 9.68. The van der Waals surface area contributed by atoms with Gasteiger partial charge in [0.15, 0.2) is 0 Å². The van der Waals surface area contributed by atoms with Crippen molar-refractivity contribution < 1.29 is 22.0 Å². The van der Waals surface area contributed by atoms with Crippen LogP contribution >= 0.6 is 0 Å². The number of allylic oxidation sites excluding steroid dienone is 1. The molecule has 2 saturated carbocycles. The monoisotopic (exact) mass is 400 g/mol. The second kappa shape index (κ2) is 8.96. The maximum atomic E-state index is 13.7. The largest absolute Gasteiger partial charge is 0.422 e. The van der Waals surface area contributed by atoms with Crippen LogP contribution < -0.4 is 0 Å². The van der Waals surface area contributed by atoms with Crippen LogP contribution in [0.5, 0.6) is 0 Å². The highest BCUT2D eigenvalue weighted by atomic mass is 19.4. The second-order valence-corrected chi connectivity index (χ2v) is 8.66. The fourth-order valence-electron chi connectivity index (χ4n) is 5.21. The third kappa shape index (κ3) is 5.15. The molecule has 2 aliphatic carbocycles. The Labute approximate surface area is 164 Å². The smallest absolute Gasteiger partial charge is 0.206 e. The van der Waals surface area contributed by atoms with Crippen molar-refractivity contribution in [2.45, 2.75) is 70.4 Å². The van der Waals surface area contributed by atoms with E-state index in [0.717, 1.165) is 43.2 Å². The van der Waals surface area contributed by atoms with E-state index in [1.54, 1.807) is 0 Å². The van der Waals surface area contributed by atoms with Crippen LogP contribution in [0.3, 0.4) is 0 Å². The molecule has 28 heavy (non-hydrogen) atoms. The molecule has 0 aliphatic heterocycles. The summed E-state index contributed by atoms with van der Waals surface area (Å²) in [6.07, 6.45) is 7.97. The summed E-state index contributed by atoms with van der Waals surface area (Å²) in [5.41, 5.74) is -1.48. The molecule has 0 bridgehead atoms. The fraction of sp³-hybridized carbons (Fsp3) is 0.652. The molecule has 0 atom stereocenters. The zero-order valence-corrected chi connectivity index (χ0v) is 16.2. The van der Waals surface area contributed by atoms with Crippen LogP contribution in [0.2, 0.25) is 0 Å². The number of halogens is 5. The molecule has 0 N–H and O–H groups in total. The van der Waals surface area contributed by atoms with E-state index in [1.807, 2.05) is 0 Å². The number of rotatable bonds is 5. The molecular formula is C23H29F5. The molecule has 0 radical (unpaired) electrons. The average Bonchev–Trinajstić information content (AvgIpc) is 2.65. The highest BCUT2D eigenvalue weighted by Crippen LogP contribution is 2.42. The highest BCUT2D eigenvalue weighted by molar-refractivity contribution is 5.28. The Bertz CT molecular complexity index is 639. The molecule has 0 nitrogen and oxygen atoms in total. The van der Waals surface area contributed by atoms with Crippen molar-refractivity contribution in [1.29, 1.82) is 0 Å². The SMILES string of the molecule is C=CC1CCC(C2CCC(CCc3cc(F)c(C(F)(F)F)c(F)c3)CC2)CC1.